The molecule has 0 amide bonds. The van der Waals surface area contributed by atoms with Crippen LogP contribution >= 0.6 is 0 Å². The molecule has 8 nitrogen and oxygen atoms in total. The van der Waals surface area contributed by atoms with Crippen molar-refractivity contribution >= 4 is 15.8 Å². The van der Waals surface area contributed by atoms with Crippen molar-refractivity contribution in [2.45, 2.75) is 32.6 Å². The summed E-state index contributed by atoms with van der Waals surface area (Å²) in [5.74, 6) is 2.62. The zero-order valence-electron chi connectivity index (χ0n) is 17.6. The Labute approximate surface area is 172 Å². The Kier molecular flexibility index (Phi) is 6.28. The zero-order chi connectivity index (χ0) is 21.2. The molecule has 1 aromatic heterocycles. The summed E-state index contributed by atoms with van der Waals surface area (Å²) in [5, 5.41) is 0. The van der Waals surface area contributed by atoms with Crippen LogP contribution in [0.2, 0.25) is 0 Å². The second kappa shape index (κ2) is 8.54. The number of methoxy groups -OCH3 is 1. The molecule has 158 valence electrons. The molecule has 0 bridgehead atoms. The number of benzene rings is 1. The lowest BCUT2D eigenvalue weighted by Gasteiger charge is -2.35. The summed E-state index contributed by atoms with van der Waals surface area (Å²) in [4.78, 5) is 11.1. The lowest BCUT2D eigenvalue weighted by atomic mass is 10.1. The van der Waals surface area contributed by atoms with Crippen LogP contribution in [0.1, 0.15) is 23.9 Å². The van der Waals surface area contributed by atoms with Crippen LogP contribution in [0.3, 0.4) is 0 Å². The molecule has 0 spiro atoms. The average Bonchev–Trinajstić information content (AvgIpc) is 2.69. The van der Waals surface area contributed by atoms with E-state index in [1.165, 1.54) is 4.31 Å². The number of piperazine rings is 1. The van der Waals surface area contributed by atoms with Gasteiger partial charge in [0, 0.05) is 32.2 Å². The monoisotopic (exact) mass is 420 g/mol. The van der Waals surface area contributed by atoms with Crippen LogP contribution in [0, 0.1) is 20.8 Å². The molecule has 1 aromatic carbocycles. The third kappa shape index (κ3) is 4.30. The molecular weight excluding hydrogens is 392 g/mol. The van der Waals surface area contributed by atoms with E-state index in [0.717, 1.165) is 16.9 Å². The lowest BCUT2D eigenvalue weighted by molar-refractivity contribution is 0.325. The van der Waals surface area contributed by atoms with Gasteiger partial charge in [-0.25, -0.2) is 13.4 Å². The number of rotatable bonds is 6. The molecule has 0 radical (unpaired) electrons. The van der Waals surface area contributed by atoms with E-state index in [4.69, 9.17) is 9.47 Å². The van der Waals surface area contributed by atoms with Crippen LogP contribution in [0.15, 0.2) is 23.1 Å². The third-order valence-electron chi connectivity index (χ3n) is 5.18. The van der Waals surface area contributed by atoms with E-state index < -0.39 is 10.0 Å². The summed E-state index contributed by atoms with van der Waals surface area (Å²) in [6.45, 7) is 9.83. The molecular formula is C20H28N4O4S. The third-order valence-corrected chi connectivity index (χ3v) is 7.22. The van der Waals surface area contributed by atoms with Gasteiger partial charge in [-0.3, -0.25) is 0 Å². The highest BCUT2D eigenvalue weighted by atomic mass is 32.2. The van der Waals surface area contributed by atoms with Crippen molar-refractivity contribution in [1.29, 1.82) is 0 Å². The van der Waals surface area contributed by atoms with Crippen LogP contribution in [-0.2, 0) is 10.0 Å². The second-order valence-electron chi connectivity index (χ2n) is 6.95. The Morgan fingerprint density at radius 3 is 2.34 bits per heavy atom. The van der Waals surface area contributed by atoms with Gasteiger partial charge in [-0.15, -0.1) is 0 Å². The van der Waals surface area contributed by atoms with Crippen molar-refractivity contribution in [1.82, 2.24) is 14.3 Å². The Bertz CT molecular complexity index is 986. The zero-order valence-corrected chi connectivity index (χ0v) is 18.4. The first-order valence-electron chi connectivity index (χ1n) is 9.65. The van der Waals surface area contributed by atoms with Crippen molar-refractivity contribution < 1.29 is 17.9 Å². The number of sulfonamides is 1. The van der Waals surface area contributed by atoms with Gasteiger partial charge in [-0.05, 0) is 51.0 Å². The Morgan fingerprint density at radius 1 is 1.03 bits per heavy atom. The minimum absolute atomic E-state index is 0.334. The largest absolute Gasteiger partial charge is 0.496 e. The van der Waals surface area contributed by atoms with Crippen molar-refractivity contribution in [2.24, 2.45) is 0 Å². The summed E-state index contributed by atoms with van der Waals surface area (Å²) < 4.78 is 38.8. The second-order valence-corrected chi connectivity index (χ2v) is 8.86. The van der Waals surface area contributed by atoms with Gasteiger partial charge in [0.1, 0.15) is 17.4 Å². The molecule has 0 saturated carbocycles. The highest BCUT2D eigenvalue weighted by Crippen LogP contribution is 2.29. The molecule has 3 rings (SSSR count). The minimum atomic E-state index is -3.58. The van der Waals surface area contributed by atoms with E-state index in [1.807, 2.05) is 27.7 Å². The Hall–Kier alpha value is -2.39. The quantitative estimate of drug-likeness (QED) is 0.709. The lowest BCUT2D eigenvalue weighted by Crippen LogP contribution is -2.49. The molecule has 2 aromatic rings. The highest BCUT2D eigenvalue weighted by Gasteiger charge is 2.31. The van der Waals surface area contributed by atoms with Gasteiger partial charge in [0.25, 0.3) is 0 Å². The van der Waals surface area contributed by atoms with Crippen LogP contribution in [0.4, 0.5) is 5.82 Å². The average molecular weight is 421 g/mol. The van der Waals surface area contributed by atoms with E-state index in [-0.39, 0.29) is 0 Å². The van der Waals surface area contributed by atoms with Crippen molar-refractivity contribution in [3.05, 3.63) is 35.2 Å². The van der Waals surface area contributed by atoms with Gasteiger partial charge in [0.2, 0.25) is 15.9 Å². The molecule has 0 unspecified atom stereocenters. The topological polar surface area (TPSA) is 84.9 Å². The molecule has 0 N–H and O–H groups in total. The van der Waals surface area contributed by atoms with Crippen LogP contribution in [0.5, 0.6) is 11.6 Å². The maximum absolute atomic E-state index is 13.2. The van der Waals surface area contributed by atoms with Crippen LogP contribution < -0.4 is 14.4 Å². The molecule has 1 aliphatic heterocycles. The number of hydrogen-bond donors (Lipinski definition) is 0. The maximum Gasteiger partial charge on any atom is 0.243 e. The van der Waals surface area contributed by atoms with Gasteiger partial charge >= 0.3 is 0 Å². The minimum Gasteiger partial charge on any atom is -0.496 e. The first kappa shape index (κ1) is 21.3. The van der Waals surface area contributed by atoms with Gasteiger partial charge in [-0.1, -0.05) is 0 Å². The van der Waals surface area contributed by atoms with Crippen LogP contribution in [0.25, 0.3) is 0 Å². The fourth-order valence-corrected chi connectivity index (χ4v) is 5.18. The number of ether oxygens (including phenoxy) is 2. The van der Waals surface area contributed by atoms with Gasteiger partial charge in [-0.2, -0.15) is 9.29 Å². The molecule has 0 atom stereocenters. The first-order valence-corrected chi connectivity index (χ1v) is 11.1. The predicted molar refractivity (Wildman–Crippen MR) is 111 cm³/mol. The van der Waals surface area contributed by atoms with E-state index in [9.17, 15) is 8.42 Å². The van der Waals surface area contributed by atoms with E-state index >= 15 is 0 Å². The summed E-state index contributed by atoms with van der Waals surface area (Å²) >= 11 is 0. The van der Waals surface area contributed by atoms with Crippen molar-refractivity contribution in [3.63, 3.8) is 0 Å². The SMILES string of the molecule is CCOc1cc(N2CCN(S(=O)(=O)c3ccc(OC)c(C)c3C)CC2)nc(C)n1. The van der Waals surface area contributed by atoms with E-state index in [2.05, 4.69) is 14.9 Å². The van der Waals surface area contributed by atoms with Crippen molar-refractivity contribution in [3.8, 4) is 11.6 Å². The fourth-order valence-electron chi connectivity index (χ4n) is 3.48. The van der Waals surface area contributed by atoms with Crippen LogP contribution in [-0.4, -0.2) is 62.6 Å². The van der Waals surface area contributed by atoms with Gasteiger partial charge in [0.05, 0.1) is 18.6 Å². The smallest absolute Gasteiger partial charge is 0.243 e. The summed E-state index contributed by atoms with van der Waals surface area (Å²) in [5.41, 5.74) is 1.56. The molecule has 29 heavy (non-hydrogen) atoms. The molecule has 1 aliphatic rings. The first-order chi connectivity index (χ1) is 13.8. The summed E-state index contributed by atoms with van der Waals surface area (Å²) in [7, 11) is -1.99. The number of aromatic nitrogens is 2. The predicted octanol–water partition coefficient (Wildman–Crippen LogP) is 2.32. The normalized spacial score (nSPS) is 15.4. The number of anilines is 1. The number of hydrogen-bond acceptors (Lipinski definition) is 7. The summed E-state index contributed by atoms with van der Waals surface area (Å²) in [6, 6.07) is 5.15. The van der Waals surface area contributed by atoms with Crippen molar-refractivity contribution in [2.75, 3.05) is 44.8 Å². The summed E-state index contributed by atoms with van der Waals surface area (Å²) in [6.07, 6.45) is 0. The van der Waals surface area contributed by atoms with E-state index in [1.54, 1.807) is 25.3 Å². The van der Waals surface area contributed by atoms with Gasteiger partial charge < -0.3 is 14.4 Å². The Balaban J connectivity index is 1.78. The van der Waals surface area contributed by atoms with E-state index in [0.29, 0.717) is 55.1 Å². The fraction of sp³-hybridized carbons (Fsp3) is 0.500. The molecule has 1 fully saturated rings. The standard InChI is InChI=1S/C20H28N4O4S/c1-6-28-20-13-19(21-16(4)22-20)23-9-11-24(12-10-23)29(25,26)18-8-7-17(27-5)14(2)15(18)3/h7-8,13H,6,9-12H2,1-5H3. The Morgan fingerprint density at radius 2 is 1.72 bits per heavy atom. The molecule has 9 heteroatoms. The highest BCUT2D eigenvalue weighted by molar-refractivity contribution is 7.89. The number of nitrogens with zero attached hydrogens (tertiary/aromatic N) is 4. The maximum atomic E-state index is 13.2. The molecule has 1 saturated heterocycles. The molecule has 0 aliphatic carbocycles. The number of aryl methyl sites for hydroxylation is 1. The molecule has 2 heterocycles. The van der Waals surface area contributed by atoms with Gasteiger partial charge in [0.15, 0.2) is 0 Å².